The van der Waals surface area contributed by atoms with Crippen molar-refractivity contribution in [1.82, 2.24) is 5.32 Å². The predicted octanol–water partition coefficient (Wildman–Crippen LogP) is 0.105. The standard InChI is InChI=1S/C6H9NO/c8-5-6-1-3-7-4-2-6/h1,5,7H,2-4H2. The summed E-state index contributed by atoms with van der Waals surface area (Å²) in [6.07, 6.45) is 3.75. The molecule has 1 N–H and O–H groups in total. The molecule has 0 bridgehead atoms. The molecule has 44 valence electrons. The van der Waals surface area contributed by atoms with Crippen molar-refractivity contribution in [1.29, 1.82) is 0 Å². The van der Waals surface area contributed by atoms with Gasteiger partial charge >= 0.3 is 0 Å². The Labute approximate surface area is 48.6 Å². The van der Waals surface area contributed by atoms with Crippen molar-refractivity contribution in [3.8, 4) is 0 Å². The minimum Gasteiger partial charge on any atom is -0.313 e. The second-order valence-corrected chi connectivity index (χ2v) is 1.85. The van der Waals surface area contributed by atoms with Crippen LogP contribution in [-0.2, 0) is 4.79 Å². The zero-order chi connectivity index (χ0) is 5.82. The Hall–Kier alpha value is -0.630. The zero-order valence-electron chi connectivity index (χ0n) is 4.68. The molecule has 2 nitrogen and oxygen atoms in total. The van der Waals surface area contributed by atoms with Gasteiger partial charge in [-0.3, -0.25) is 4.79 Å². The Morgan fingerprint density at radius 1 is 1.75 bits per heavy atom. The Morgan fingerprint density at radius 3 is 3.00 bits per heavy atom. The summed E-state index contributed by atoms with van der Waals surface area (Å²) in [5.74, 6) is 0. The van der Waals surface area contributed by atoms with Crippen molar-refractivity contribution in [2.75, 3.05) is 13.1 Å². The molecule has 0 saturated heterocycles. The van der Waals surface area contributed by atoms with Crippen LogP contribution in [0.1, 0.15) is 6.42 Å². The number of hydrogen-bond donors (Lipinski definition) is 1. The summed E-state index contributed by atoms with van der Waals surface area (Å²) in [5, 5.41) is 3.11. The van der Waals surface area contributed by atoms with E-state index < -0.39 is 0 Å². The van der Waals surface area contributed by atoms with Gasteiger partial charge in [0.25, 0.3) is 0 Å². The van der Waals surface area contributed by atoms with Crippen LogP contribution in [0.5, 0.6) is 0 Å². The van der Waals surface area contributed by atoms with E-state index in [1.807, 2.05) is 6.08 Å². The first-order valence-electron chi connectivity index (χ1n) is 2.78. The fourth-order valence-electron chi connectivity index (χ4n) is 0.747. The molecule has 0 saturated carbocycles. The summed E-state index contributed by atoms with van der Waals surface area (Å²) in [4.78, 5) is 10.1. The van der Waals surface area contributed by atoms with E-state index in [4.69, 9.17) is 0 Å². The maximum atomic E-state index is 10.1. The number of aldehydes is 1. The van der Waals surface area contributed by atoms with Crippen molar-refractivity contribution in [2.24, 2.45) is 0 Å². The van der Waals surface area contributed by atoms with Gasteiger partial charge in [0.05, 0.1) is 0 Å². The fourth-order valence-corrected chi connectivity index (χ4v) is 0.747. The van der Waals surface area contributed by atoms with Crippen LogP contribution in [0.3, 0.4) is 0 Å². The summed E-state index contributed by atoms with van der Waals surface area (Å²) < 4.78 is 0. The van der Waals surface area contributed by atoms with Crippen molar-refractivity contribution in [3.05, 3.63) is 11.6 Å². The molecule has 0 amide bonds. The molecule has 1 aliphatic rings. The molecule has 0 fully saturated rings. The lowest BCUT2D eigenvalue weighted by atomic mass is 10.1. The summed E-state index contributed by atoms with van der Waals surface area (Å²) in [5.41, 5.74) is 0.934. The average molecular weight is 111 g/mol. The summed E-state index contributed by atoms with van der Waals surface area (Å²) >= 11 is 0. The molecule has 1 rings (SSSR count). The summed E-state index contributed by atoms with van der Waals surface area (Å²) in [6, 6.07) is 0. The van der Waals surface area contributed by atoms with E-state index in [2.05, 4.69) is 5.32 Å². The van der Waals surface area contributed by atoms with Gasteiger partial charge in [-0.05, 0) is 18.5 Å². The van der Waals surface area contributed by atoms with Gasteiger partial charge in [-0.1, -0.05) is 6.08 Å². The van der Waals surface area contributed by atoms with E-state index in [0.29, 0.717) is 0 Å². The van der Waals surface area contributed by atoms with Crippen LogP contribution < -0.4 is 5.32 Å². The molecule has 0 unspecified atom stereocenters. The molecule has 0 aromatic heterocycles. The predicted molar refractivity (Wildman–Crippen MR) is 31.6 cm³/mol. The lowest BCUT2D eigenvalue weighted by molar-refractivity contribution is -0.105. The van der Waals surface area contributed by atoms with Crippen LogP contribution in [0, 0.1) is 0 Å². The number of hydrogen-bond acceptors (Lipinski definition) is 2. The van der Waals surface area contributed by atoms with E-state index in [1.54, 1.807) is 0 Å². The monoisotopic (exact) mass is 111 g/mol. The van der Waals surface area contributed by atoms with Crippen molar-refractivity contribution < 1.29 is 4.79 Å². The number of carbonyl (C=O) groups is 1. The fraction of sp³-hybridized carbons (Fsp3) is 0.500. The summed E-state index contributed by atoms with van der Waals surface area (Å²) in [7, 11) is 0. The lowest BCUT2D eigenvalue weighted by Gasteiger charge is -2.07. The first-order chi connectivity index (χ1) is 3.93. The largest absolute Gasteiger partial charge is 0.313 e. The molecule has 8 heavy (non-hydrogen) atoms. The highest BCUT2D eigenvalue weighted by atomic mass is 16.1. The molecule has 0 spiro atoms. The minimum absolute atomic E-state index is 0.855. The van der Waals surface area contributed by atoms with Gasteiger partial charge in [0, 0.05) is 6.54 Å². The normalized spacial score (nSPS) is 19.8. The second kappa shape index (κ2) is 2.62. The van der Waals surface area contributed by atoms with E-state index >= 15 is 0 Å². The SMILES string of the molecule is O=CC1=CCNCC1. The van der Waals surface area contributed by atoms with Gasteiger partial charge in [0.2, 0.25) is 0 Å². The number of rotatable bonds is 1. The molecule has 2 heteroatoms. The molecule has 0 radical (unpaired) electrons. The minimum atomic E-state index is 0.855. The Balaban J connectivity index is 2.49. The van der Waals surface area contributed by atoms with Crippen LogP contribution in [0.4, 0.5) is 0 Å². The molecule has 0 atom stereocenters. The third-order valence-electron chi connectivity index (χ3n) is 1.25. The van der Waals surface area contributed by atoms with Crippen LogP contribution >= 0.6 is 0 Å². The highest BCUT2D eigenvalue weighted by Gasteiger charge is 1.98. The summed E-state index contributed by atoms with van der Waals surface area (Å²) in [6.45, 7) is 1.80. The molecular formula is C6H9NO. The van der Waals surface area contributed by atoms with Crippen LogP contribution in [-0.4, -0.2) is 19.4 Å². The van der Waals surface area contributed by atoms with E-state index in [9.17, 15) is 4.79 Å². The Morgan fingerprint density at radius 2 is 2.62 bits per heavy atom. The smallest absolute Gasteiger partial charge is 0.145 e. The average Bonchev–Trinajstić information content (AvgIpc) is 1.90. The zero-order valence-corrected chi connectivity index (χ0v) is 4.68. The third-order valence-corrected chi connectivity index (χ3v) is 1.25. The van der Waals surface area contributed by atoms with E-state index in [-0.39, 0.29) is 0 Å². The van der Waals surface area contributed by atoms with Crippen molar-refractivity contribution in [3.63, 3.8) is 0 Å². The van der Waals surface area contributed by atoms with Gasteiger partial charge < -0.3 is 5.32 Å². The Bertz CT molecular complexity index is 118. The van der Waals surface area contributed by atoms with Crippen LogP contribution in [0.15, 0.2) is 11.6 Å². The first kappa shape index (κ1) is 5.51. The number of carbonyl (C=O) groups excluding carboxylic acids is 1. The molecular weight excluding hydrogens is 102 g/mol. The molecule has 1 aliphatic heterocycles. The quantitative estimate of drug-likeness (QED) is 0.486. The van der Waals surface area contributed by atoms with Gasteiger partial charge in [-0.15, -0.1) is 0 Å². The Kier molecular flexibility index (Phi) is 1.80. The molecule has 1 heterocycles. The highest BCUT2D eigenvalue weighted by Crippen LogP contribution is 1.98. The molecule has 0 aromatic rings. The molecule has 0 aromatic carbocycles. The maximum absolute atomic E-state index is 10.1. The molecule has 0 aliphatic carbocycles. The van der Waals surface area contributed by atoms with Gasteiger partial charge in [-0.2, -0.15) is 0 Å². The number of nitrogens with one attached hydrogen (secondary N) is 1. The van der Waals surface area contributed by atoms with Gasteiger partial charge in [-0.25, -0.2) is 0 Å². The van der Waals surface area contributed by atoms with Crippen LogP contribution in [0.2, 0.25) is 0 Å². The topological polar surface area (TPSA) is 29.1 Å². The third kappa shape index (κ3) is 1.17. The van der Waals surface area contributed by atoms with E-state index in [0.717, 1.165) is 31.4 Å². The van der Waals surface area contributed by atoms with E-state index in [1.165, 1.54) is 0 Å². The highest BCUT2D eigenvalue weighted by molar-refractivity contribution is 5.73. The maximum Gasteiger partial charge on any atom is 0.145 e. The first-order valence-corrected chi connectivity index (χ1v) is 2.78. The van der Waals surface area contributed by atoms with Gasteiger partial charge in [0.1, 0.15) is 6.29 Å². The van der Waals surface area contributed by atoms with Gasteiger partial charge in [0.15, 0.2) is 0 Å². The second-order valence-electron chi connectivity index (χ2n) is 1.85. The van der Waals surface area contributed by atoms with Crippen LogP contribution in [0.25, 0.3) is 0 Å². The lowest BCUT2D eigenvalue weighted by Crippen LogP contribution is -2.20. The van der Waals surface area contributed by atoms with Crippen molar-refractivity contribution in [2.45, 2.75) is 6.42 Å². The van der Waals surface area contributed by atoms with Crippen molar-refractivity contribution >= 4 is 6.29 Å².